The van der Waals surface area contributed by atoms with Crippen molar-refractivity contribution in [1.29, 1.82) is 0 Å². The molecule has 0 bridgehead atoms. The molecule has 0 aromatic rings. The lowest BCUT2D eigenvalue weighted by Gasteiger charge is -2.22. The standard InChI is InChI=1S/C21H44O8.C9H20O5/c1-15(23)9-24-17(3)11-26-19(5)13-28-21(7)14-29-20(6)12-27-18(4)10-25-16(2)8-22;1-11-4-5-13-8-9-14-7-6-12-3-2-10/h15-23H,8-14H2,1-7H3;10H,2-9H2,1H3. The Kier molecular flexibility index (Phi) is 34.1. The van der Waals surface area contributed by atoms with E-state index in [9.17, 15) is 5.11 Å². The van der Waals surface area contributed by atoms with E-state index < -0.39 is 6.10 Å². The highest BCUT2D eigenvalue weighted by Gasteiger charge is 2.13. The highest BCUT2D eigenvalue weighted by atomic mass is 16.6. The molecule has 3 N–H and O–H groups in total. The molecule has 0 fully saturated rings. The monoisotopic (exact) mass is 632 g/mol. The molecular formula is C30H64O13. The number of aliphatic hydroxyl groups excluding tert-OH is 3. The first kappa shape index (κ1) is 44.6. The van der Waals surface area contributed by atoms with Gasteiger partial charge in [-0.15, -0.1) is 0 Å². The van der Waals surface area contributed by atoms with Gasteiger partial charge in [-0.25, -0.2) is 0 Å². The molecule has 7 atom stereocenters. The molecule has 0 amide bonds. The molecule has 0 rings (SSSR count). The molecule has 0 aromatic heterocycles. The predicted molar refractivity (Wildman–Crippen MR) is 163 cm³/mol. The molecule has 0 aromatic carbocycles. The van der Waals surface area contributed by atoms with Gasteiger partial charge in [0.2, 0.25) is 0 Å². The van der Waals surface area contributed by atoms with Crippen molar-refractivity contribution in [2.45, 2.75) is 91.2 Å². The number of rotatable bonds is 30. The van der Waals surface area contributed by atoms with E-state index in [4.69, 9.17) is 57.6 Å². The van der Waals surface area contributed by atoms with Crippen LogP contribution in [0.25, 0.3) is 0 Å². The maximum atomic E-state index is 9.21. The second kappa shape index (κ2) is 32.9. The van der Waals surface area contributed by atoms with E-state index in [0.717, 1.165) is 0 Å². The summed E-state index contributed by atoms with van der Waals surface area (Å²) in [5.74, 6) is 0. The van der Waals surface area contributed by atoms with Gasteiger partial charge in [-0.3, -0.25) is 0 Å². The van der Waals surface area contributed by atoms with Crippen LogP contribution in [0.5, 0.6) is 0 Å². The van der Waals surface area contributed by atoms with Crippen LogP contribution in [-0.4, -0.2) is 164 Å². The van der Waals surface area contributed by atoms with Crippen LogP contribution >= 0.6 is 0 Å². The van der Waals surface area contributed by atoms with E-state index in [2.05, 4.69) is 0 Å². The Bertz CT molecular complexity index is 532. The lowest BCUT2D eigenvalue weighted by Crippen LogP contribution is -2.30. The van der Waals surface area contributed by atoms with Crippen LogP contribution in [-0.2, 0) is 47.4 Å². The van der Waals surface area contributed by atoms with Crippen LogP contribution in [0.4, 0.5) is 0 Å². The van der Waals surface area contributed by atoms with Crippen LogP contribution in [0.15, 0.2) is 0 Å². The summed E-state index contributed by atoms with van der Waals surface area (Å²) in [6, 6.07) is 0. The van der Waals surface area contributed by atoms with Crippen LogP contribution in [0.3, 0.4) is 0 Å². The highest BCUT2D eigenvalue weighted by molar-refractivity contribution is 4.58. The first-order valence-electron chi connectivity index (χ1n) is 15.4. The Morgan fingerprint density at radius 2 is 0.721 bits per heavy atom. The molecule has 0 aliphatic carbocycles. The third kappa shape index (κ3) is 35.8. The molecule has 262 valence electrons. The lowest BCUT2D eigenvalue weighted by molar-refractivity contribution is -0.105. The summed E-state index contributed by atoms with van der Waals surface area (Å²) in [4.78, 5) is 0. The Hall–Kier alpha value is -0.520. The minimum Gasteiger partial charge on any atom is -0.394 e. The molecule has 0 saturated carbocycles. The van der Waals surface area contributed by atoms with Crippen molar-refractivity contribution in [2.75, 3.05) is 106 Å². The van der Waals surface area contributed by atoms with Crippen molar-refractivity contribution in [2.24, 2.45) is 0 Å². The molecule has 0 spiro atoms. The Morgan fingerprint density at radius 3 is 1.02 bits per heavy atom. The Balaban J connectivity index is 0. The van der Waals surface area contributed by atoms with Gasteiger partial charge in [0.1, 0.15) is 0 Å². The van der Waals surface area contributed by atoms with Gasteiger partial charge >= 0.3 is 0 Å². The quantitative estimate of drug-likeness (QED) is 0.0981. The normalized spacial score (nSPS) is 16.5. The van der Waals surface area contributed by atoms with E-state index >= 15 is 0 Å². The smallest absolute Gasteiger partial charge is 0.0781 e. The molecule has 13 nitrogen and oxygen atoms in total. The van der Waals surface area contributed by atoms with E-state index in [1.165, 1.54) is 0 Å². The second-order valence-electron chi connectivity index (χ2n) is 10.4. The summed E-state index contributed by atoms with van der Waals surface area (Å²) in [5, 5.41) is 26.5. The van der Waals surface area contributed by atoms with Gasteiger partial charge in [0.25, 0.3) is 0 Å². The molecule has 7 unspecified atom stereocenters. The van der Waals surface area contributed by atoms with Crippen LogP contribution in [0.2, 0.25) is 0 Å². The van der Waals surface area contributed by atoms with E-state index in [1.807, 2.05) is 41.5 Å². The van der Waals surface area contributed by atoms with Gasteiger partial charge in [0.15, 0.2) is 0 Å². The zero-order chi connectivity index (χ0) is 32.7. The summed E-state index contributed by atoms with van der Waals surface area (Å²) >= 11 is 0. The molecule has 0 aliphatic rings. The van der Waals surface area contributed by atoms with Gasteiger partial charge in [0, 0.05) is 7.11 Å². The predicted octanol–water partition coefficient (Wildman–Crippen LogP) is 1.47. The van der Waals surface area contributed by atoms with Crippen molar-refractivity contribution >= 4 is 0 Å². The van der Waals surface area contributed by atoms with Gasteiger partial charge in [-0.1, -0.05) is 0 Å². The van der Waals surface area contributed by atoms with E-state index in [1.54, 1.807) is 14.0 Å². The minimum absolute atomic E-state index is 0.00355. The van der Waals surface area contributed by atoms with E-state index in [0.29, 0.717) is 85.9 Å². The molecule has 0 heterocycles. The molecule has 13 heteroatoms. The number of methoxy groups -OCH3 is 1. The minimum atomic E-state index is -0.474. The fourth-order valence-electron chi connectivity index (χ4n) is 2.84. The zero-order valence-electron chi connectivity index (χ0n) is 28.1. The van der Waals surface area contributed by atoms with Crippen molar-refractivity contribution < 1.29 is 62.7 Å². The fourth-order valence-corrected chi connectivity index (χ4v) is 2.84. The third-order valence-electron chi connectivity index (χ3n) is 5.37. The van der Waals surface area contributed by atoms with Crippen LogP contribution in [0.1, 0.15) is 48.5 Å². The average molecular weight is 633 g/mol. The van der Waals surface area contributed by atoms with E-state index in [-0.39, 0.29) is 49.8 Å². The summed E-state index contributed by atoms with van der Waals surface area (Å²) in [6.07, 6.45) is -0.963. The van der Waals surface area contributed by atoms with Gasteiger partial charge in [0.05, 0.1) is 142 Å². The number of aliphatic hydroxyl groups is 3. The average Bonchev–Trinajstić information content (AvgIpc) is 2.99. The first-order chi connectivity index (χ1) is 20.5. The molecule has 43 heavy (non-hydrogen) atoms. The van der Waals surface area contributed by atoms with Crippen LogP contribution in [0, 0.1) is 0 Å². The van der Waals surface area contributed by atoms with Crippen LogP contribution < -0.4 is 0 Å². The second-order valence-corrected chi connectivity index (χ2v) is 10.4. The van der Waals surface area contributed by atoms with Gasteiger partial charge < -0.3 is 62.7 Å². The maximum absolute atomic E-state index is 9.21. The Labute approximate surface area is 260 Å². The van der Waals surface area contributed by atoms with Crippen molar-refractivity contribution in [3.05, 3.63) is 0 Å². The SMILES string of the molecule is CC(O)COC(C)COC(C)COC(C)COC(C)COC(C)COC(C)CO.COCCOCCOCCOCCO. The number of hydrogen-bond acceptors (Lipinski definition) is 13. The number of ether oxygens (including phenoxy) is 10. The maximum Gasteiger partial charge on any atom is 0.0781 e. The van der Waals surface area contributed by atoms with Gasteiger partial charge in [-0.2, -0.15) is 0 Å². The topological polar surface area (TPSA) is 153 Å². The summed E-state index contributed by atoms with van der Waals surface area (Å²) < 4.78 is 54.0. The first-order valence-corrected chi connectivity index (χ1v) is 15.4. The van der Waals surface area contributed by atoms with Crippen molar-refractivity contribution in [1.82, 2.24) is 0 Å². The molecule has 0 saturated heterocycles. The third-order valence-corrected chi connectivity index (χ3v) is 5.37. The molecule has 0 aliphatic heterocycles. The fraction of sp³-hybridized carbons (Fsp3) is 1.00. The zero-order valence-corrected chi connectivity index (χ0v) is 28.1. The van der Waals surface area contributed by atoms with Crippen molar-refractivity contribution in [3.8, 4) is 0 Å². The van der Waals surface area contributed by atoms with Crippen molar-refractivity contribution in [3.63, 3.8) is 0 Å². The Morgan fingerprint density at radius 1 is 0.419 bits per heavy atom. The molecule has 0 radical (unpaired) electrons. The summed E-state index contributed by atoms with van der Waals surface area (Å²) in [6.45, 7) is 19.6. The summed E-state index contributed by atoms with van der Waals surface area (Å²) in [5.41, 5.74) is 0. The summed E-state index contributed by atoms with van der Waals surface area (Å²) in [7, 11) is 1.64. The largest absolute Gasteiger partial charge is 0.394 e. The number of hydrogen-bond donors (Lipinski definition) is 3. The highest BCUT2D eigenvalue weighted by Crippen LogP contribution is 2.04. The molecular weight excluding hydrogens is 568 g/mol. The lowest BCUT2D eigenvalue weighted by atomic mass is 10.3. The van der Waals surface area contributed by atoms with Gasteiger partial charge in [-0.05, 0) is 48.5 Å².